The number of hydrogen-bond donors (Lipinski definition) is 2. The van der Waals surface area contributed by atoms with Gasteiger partial charge in [-0.25, -0.2) is 9.18 Å². The molecule has 0 fully saturated rings. The second-order valence-corrected chi connectivity index (χ2v) is 6.19. The van der Waals surface area contributed by atoms with E-state index in [1.807, 2.05) is 19.9 Å². The van der Waals surface area contributed by atoms with E-state index in [0.717, 1.165) is 5.57 Å². The Hall–Kier alpha value is -2.70. The van der Waals surface area contributed by atoms with Gasteiger partial charge in [0, 0.05) is 13.3 Å². The Balaban J connectivity index is 2.91. The molecule has 0 saturated carbocycles. The van der Waals surface area contributed by atoms with Gasteiger partial charge in [-0.05, 0) is 38.0 Å². The van der Waals surface area contributed by atoms with Crippen LogP contribution in [0.5, 0.6) is 0 Å². The quantitative estimate of drug-likeness (QED) is 0.545. The van der Waals surface area contributed by atoms with Gasteiger partial charge in [0.1, 0.15) is 17.9 Å². The number of allylic oxidation sites excluding steroid dienone is 1. The maximum absolute atomic E-state index is 13.0. The molecule has 0 aromatic heterocycles. The van der Waals surface area contributed by atoms with Gasteiger partial charge in [0.15, 0.2) is 0 Å². The topological polar surface area (TPSA) is 84.5 Å². The molecule has 2 N–H and O–H groups in total. The number of carbonyl (C=O) groups excluding carboxylic acids is 3. The molecule has 0 unspecified atom stereocenters. The molecular formula is C19H25FN2O4. The van der Waals surface area contributed by atoms with Gasteiger partial charge in [-0.1, -0.05) is 23.8 Å². The minimum Gasteiger partial charge on any atom is -0.467 e. The number of methoxy groups -OCH3 is 1. The van der Waals surface area contributed by atoms with E-state index in [-0.39, 0.29) is 24.6 Å². The highest BCUT2D eigenvalue weighted by molar-refractivity contribution is 5.90. The van der Waals surface area contributed by atoms with Crippen molar-refractivity contribution in [2.45, 2.75) is 45.7 Å². The lowest BCUT2D eigenvalue weighted by molar-refractivity contribution is -0.145. The smallest absolute Gasteiger partial charge is 0.328 e. The zero-order valence-electron chi connectivity index (χ0n) is 15.5. The van der Waals surface area contributed by atoms with Crippen molar-refractivity contribution in [1.29, 1.82) is 0 Å². The molecule has 26 heavy (non-hydrogen) atoms. The standard InChI is InChI=1S/C19H25FN2O4/c1-12(2)5-10-16(19(25)26-4)22-18(24)17(21-13(3)23)11-14-6-8-15(20)9-7-14/h5-9,16-17H,10-11H2,1-4H3,(H,21,23)(H,22,24)/t16-,17+/m0/s1. The molecule has 7 heteroatoms. The molecule has 0 bridgehead atoms. The summed E-state index contributed by atoms with van der Waals surface area (Å²) in [5.74, 6) is -1.85. The third-order valence-corrected chi connectivity index (χ3v) is 3.61. The maximum Gasteiger partial charge on any atom is 0.328 e. The number of esters is 1. The fraction of sp³-hybridized carbons (Fsp3) is 0.421. The summed E-state index contributed by atoms with van der Waals surface area (Å²) in [7, 11) is 1.24. The number of rotatable bonds is 8. The monoisotopic (exact) mass is 364 g/mol. The molecule has 0 saturated heterocycles. The summed E-state index contributed by atoms with van der Waals surface area (Å²) < 4.78 is 17.8. The van der Waals surface area contributed by atoms with Crippen LogP contribution in [0.2, 0.25) is 0 Å². The van der Waals surface area contributed by atoms with Gasteiger partial charge in [0.25, 0.3) is 0 Å². The van der Waals surface area contributed by atoms with Gasteiger partial charge in [0.05, 0.1) is 7.11 Å². The van der Waals surface area contributed by atoms with E-state index in [2.05, 4.69) is 10.6 Å². The zero-order valence-corrected chi connectivity index (χ0v) is 15.5. The van der Waals surface area contributed by atoms with Gasteiger partial charge in [-0.3, -0.25) is 9.59 Å². The second-order valence-electron chi connectivity index (χ2n) is 6.19. The van der Waals surface area contributed by atoms with Crippen LogP contribution in [0, 0.1) is 5.82 Å². The van der Waals surface area contributed by atoms with E-state index in [0.29, 0.717) is 5.56 Å². The highest BCUT2D eigenvalue weighted by atomic mass is 19.1. The van der Waals surface area contributed by atoms with E-state index in [9.17, 15) is 18.8 Å². The predicted molar refractivity (Wildman–Crippen MR) is 95.7 cm³/mol. The lowest BCUT2D eigenvalue weighted by Gasteiger charge is -2.21. The van der Waals surface area contributed by atoms with Crippen molar-refractivity contribution in [2.24, 2.45) is 0 Å². The number of benzene rings is 1. The minimum atomic E-state index is -0.892. The van der Waals surface area contributed by atoms with Crippen LogP contribution in [0.3, 0.4) is 0 Å². The molecule has 0 aliphatic rings. The summed E-state index contributed by atoms with van der Waals surface area (Å²) in [4.78, 5) is 35.9. The van der Waals surface area contributed by atoms with E-state index in [1.54, 1.807) is 12.1 Å². The Bertz CT molecular complexity index is 667. The Kier molecular flexibility index (Phi) is 8.48. The molecule has 0 aliphatic heterocycles. The van der Waals surface area contributed by atoms with Crippen molar-refractivity contribution < 1.29 is 23.5 Å². The van der Waals surface area contributed by atoms with E-state index in [4.69, 9.17) is 4.74 Å². The molecule has 1 rings (SSSR count). The molecule has 0 heterocycles. The van der Waals surface area contributed by atoms with E-state index >= 15 is 0 Å². The van der Waals surface area contributed by atoms with Gasteiger partial charge in [0.2, 0.25) is 11.8 Å². The zero-order chi connectivity index (χ0) is 19.7. The lowest BCUT2D eigenvalue weighted by Crippen LogP contribution is -2.52. The molecule has 2 atom stereocenters. The Morgan fingerprint density at radius 2 is 1.69 bits per heavy atom. The van der Waals surface area contributed by atoms with Crippen LogP contribution in [0.15, 0.2) is 35.9 Å². The van der Waals surface area contributed by atoms with Crippen molar-refractivity contribution >= 4 is 17.8 Å². The molecule has 2 amide bonds. The lowest BCUT2D eigenvalue weighted by atomic mass is 10.0. The van der Waals surface area contributed by atoms with Crippen LogP contribution < -0.4 is 10.6 Å². The third-order valence-electron chi connectivity index (χ3n) is 3.61. The molecule has 142 valence electrons. The summed E-state index contributed by atoms with van der Waals surface area (Å²) in [5.41, 5.74) is 1.68. The molecule has 1 aromatic rings. The second kappa shape index (κ2) is 10.3. The fourth-order valence-electron chi connectivity index (χ4n) is 2.29. The Morgan fingerprint density at radius 1 is 1.08 bits per heavy atom. The Morgan fingerprint density at radius 3 is 2.19 bits per heavy atom. The molecule has 0 radical (unpaired) electrons. The number of nitrogens with one attached hydrogen (secondary N) is 2. The first-order valence-corrected chi connectivity index (χ1v) is 8.26. The highest BCUT2D eigenvalue weighted by Crippen LogP contribution is 2.08. The first-order valence-electron chi connectivity index (χ1n) is 8.26. The van der Waals surface area contributed by atoms with Crippen LogP contribution in [-0.2, 0) is 25.5 Å². The molecule has 1 aromatic carbocycles. The number of halogens is 1. The van der Waals surface area contributed by atoms with Crippen LogP contribution in [0.25, 0.3) is 0 Å². The van der Waals surface area contributed by atoms with Crippen molar-refractivity contribution in [2.75, 3.05) is 7.11 Å². The fourth-order valence-corrected chi connectivity index (χ4v) is 2.29. The van der Waals surface area contributed by atoms with Crippen molar-refractivity contribution in [3.05, 3.63) is 47.3 Å². The van der Waals surface area contributed by atoms with Crippen molar-refractivity contribution in [3.8, 4) is 0 Å². The van der Waals surface area contributed by atoms with Crippen LogP contribution in [-0.4, -0.2) is 37.0 Å². The summed E-state index contributed by atoms with van der Waals surface area (Å²) >= 11 is 0. The molecular weight excluding hydrogens is 339 g/mol. The molecule has 6 nitrogen and oxygen atoms in total. The summed E-state index contributed by atoms with van der Waals surface area (Å²) in [6, 6.07) is 3.90. The first-order chi connectivity index (χ1) is 12.2. The highest BCUT2D eigenvalue weighted by Gasteiger charge is 2.26. The number of amides is 2. The van der Waals surface area contributed by atoms with E-state index in [1.165, 1.54) is 26.2 Å². The predicted octanol–water partition coefficient (Wildman–Crippen LogP) is 1.89. The molecule has 0 aliphatic carbocycles. The number of ether oxygens (including phenoxy) is 1. The Labute approximate surface area is 152 Å². The van der Waals surface area contributed by atoms with Gasteiger partial charge >= 0.3 is 5.97 Å². The maximum atomic E-state index is 13.0. The van der Waals surface area contributed by atoms with Crippen LogP contribution >= 0.6 is 0 Å². The average Bonchev–Trinajstić information content (AvgIpc) is 2.58. The van der Waals surface area contributed by atoms with Crippen molar-refractivity contribution in [1.82, 2.24) is 10.6 Å². The summed E-state index contributed by atoms with van der Waals surface area (Å²) in [6.45, 7) is 5.06. The molecule has 0 spiro atoms. The third kappa shape index (κ3) is 7.46. The first kappa shape index (κ1) is 21.3. The van der Waals surface area contributed by atoms with Crippen LogP contribution in [0.1, 0.15) is 32.8 Å². The largest absolute Gasteiger partial charge is 0.467 e. The SMILES string of the molecule is COC(=O)[C@H](CC=C(C)C)NC(=O)[C@@H](Cc1ccc(F)cc1)NC(C)=O. The average molecular weight is 364 g/mol. The summed E-state index contributed by atoms with van der Waals surface area (Å²) in [5, 5.41) is 5.17. The minimum absolute atomic E-state index is 0.169. The van der Waals surface area contributed by atoms with Gasteiger partial charge in [-0.15, -0.1) is 0 Å². The van der Waals surface area contributed by atoms with Crippen LogP contribution in [0.4, 0.5) is 4.39 Å². The van der Waals surface area contributed by atoms with E-state index < -0.39 is 24.0 Å². The number of carbonyl (C=O) groups is 3. The van der Waals surface area contributed by atoms with Gasteiger partial charge < -0.3 is 15.4 Å². The van der Waals surface area contributed by atoms with Gasteiger partial charge in [-0.2, -0.15) is 0 Å². The summed E-state index contributed by atoms with van der Waals surface area (Å²) in [6.07, 6.45) is 2.27. The van der Waals surface area contributed by atoms with Crippen molar-refractivity contribution in [3.63, 3.8) is 0 Å². The number of hydrogen-bond acceptors (Lipinski definition) is 4. The normalized spacial score (nSPS) is 12.5.